The molecule has 21 heavy (non-hydrogen) atoms. The Labute approximate surface area is 121 Å². The van der Waals surface area contributed by atoms with Gasteiger partial charge in [0.25, 0.3) is 0 Å². The highest BCUT2D eigenvalue weighted by Gasteiger charge is 2.08. The molecule has 2 aromatic carbocycles. The Morgan fingerprint density at radius 3 is 2.43 bits per heavy atom. The van der Waals surface area contributed by atoms with Gasteiger partial charge >= 0.3 is 5.97 Å². The highest BCUT2D eigenvalue weighted by atomic mass is 19.1. The molecule has 0 aliphatic heterocycles. The van der Waals surface area contributed by atoms with Crippen LogP contribution in [0.15, 0.2) is 42.5 Å². The highest BCUT2D eigenvalue weighted by Crippen LogP contribution is 2.10. The van der Waals surface area contributed by atoms with Crippen molar-refractivity contribution in [2.75, 3.05) is 6.54 Å². The summed E-state index contributed by atoms with van der Waals surface area (Å²) in [6.45, 7) is 0.840. The topological polar surface area (TPSA) is 49.3 Å². The number of carbonyl (C=O) groups is 1. The first-order valence-electron chi connectivity index (χ1n) is 6.53. The van der Waals surface area contributed by atoms with E-state index in [9.17, 15) is 13.6 Å². The van der Waals surface area contributed by atoms with E-state index >= 15 is 0 Å². The summed E-state index contributed by atoms with van der Waals surface area (Å²) < 4.78 is 26.0. The van der Waals surface area contributed by atoms with Crippen molar-refractivity contribution in [3.8, 4) is 0 Å². The van der Waals surface area contributed by atoms with Crippen molar-refractivity contribution < 1.29 is 18.7 Å². The Morgan fingerprint density at radius 1 is 1.10 bits per heavy atom. The van der Waals surface area contributed by atoms with Gasteiger partial charge in [-0.2, -0.15) is 0 Å². The molecular formula is C16H15F2NO2. The molecule has 0 fully saturated rings. The van der Waals surface area contributed by atoms with E-state index in [1.54, 1.807) is 24.3 Å². The third kappa shape index (κ3) is 4.36. The SMILES string of the molecule is O=C(O)c1ccccc1CCNCc1cc(F)cc(F)c1. The van der Waals surface area contributed by atoms with E-state index in [-0.39, 0.29) is 5.56 Å². The van der Waals surface area contributed by atoms with Crippen LogP contribution in [-0.4, -0.2) is 17.6 Å². The fourth-order valence-electron chi connectivity index (χ4n) is 2.12. The van der Waals surface area contributed by atoms with E-state index in [0.717, 1.165) is 11.6 Å². The van der Waals surface area contributed by atoms with Crippen LogP contribution in [0, 0.1) is 11.6 Å². The lowest BCUT2D eigenvalue weighted by molar-refractivity contribution is 0.0695. The zero-order valence-corrected chi connectivity index (χ0v) is 11.3. The summed E-state index contributed by atoms with van der Waals surface area (Å²) >= 11 is 0. The van der Waals surface area contributed by atoms with Crippen molar-refractivity contribution in [1.29, 1.82) is 0 Å². The normalized spacial score (nSPS) is 10.6. The standard InChI is InChI=1S/C16H15F2NO2/c17-13-7-11(8-14(18)9-13)10-19-6-5-12-3-1-2-4-15(12)16(20)21/h1-4,7-9,19H,5-6,10H2,(H,20,21). The predicted octanol–water partition coefficient (Wildman–Crippen LogP) is 3.00. The fourth-order valence-corrected chi connectivity index (χ4v) is 2.12. The Balaban J connectivity index is 1.89. The van der Waals surface area contributed by atoms with Crippen molar-refractivity contribution in [3.63, 3.8) is 0 Å². The van der Waals surface area contributed by atoms with Crippen LogP contribution < -0.4 is 5.32 Å². The summed E-state index contributed by atoms with van der Waals surface area (Å²) in [6, 6.07) is 10.1. The number of carboxylic acid groups (broad SMARTS) is 1. The van der Waals surface area contributed by atoms with Crippen LogP contribution in [0.3, 0.4) is 0 Å². The first-order valence-corrected chi connectivity index (χ1v) is 6.53. The Morgan fingerprint density at radius 2 is 1.76 bits per heavy atom. The number of halogens is 2. The molecule has 0 atom stereocenters. The maximum absolute atomic E-state index is 13.0. The monoisotopic (exact) mass is 291 g/mol. The largest absolute Gasteiger partial charge is 0.478 e. The summed E-state index contributed by atoms with van der Waals surface area (Å²) in [7, 11) is 0. The van der Waals surface area contributed by atoms with E-state index in [2.05, 4.69) is 5.32 Å². The number of hydrogen-bond donors (Lipinski definition) is 2. The van der Waals surface area contributed by atoms with E-state index in [4.69, 9.17) is 5.11 Å². The first-order chi connectivity index (χ1) is 10.1. The zero-order chi connectivity index (χ0) is 15.2. The number of carboxylic acids is 1. The maximum atomic E-state index is 13.0. The van der Waals surface area contributed by atoms with Gasteiger partial charge in [-0.15, -0.1) is 0 Å². The lowest BCUT2D eigenvalue weighted by Crippen LogP contribution is -2.18. The molecule has 110 valence electrons. The quantitative estimate of drug-likeness (QED) is 0.804. The Kier molecular flexibility index (Phi) is 5.00. The Bertz CT molecular complexity index is 624. The third-order valence-electron chi connectivity index (χ3n) is 3.07. The van der Waals surface area contributed by atoms with Crippen LogP contribution in [-0.2, 0) is 13.0 Å². The summed E-state index contributed by atoms with van der Waals surface area (Å²) in [5.41, 5.74) is 1.51. The van der Waals surface area contributed by atoms with Crippen molar-refractivity contribution in [3.05, 3.63) is 70.8 Å². The number of benzene rings is 2. The van der Waals surface area contributed by atoms with E-state index in [1.807, 2.05) is 0 Å². The molecule has 2 N–H and O–H groups in total. The second kappa shape index (κ2) is 6.95. The fraction of sp³-hybridized carbons (Fsp3) is 0.188. The van der Waals surface area contributed by atoms with Crippen LogP contribution in [0.4, 0.5) is 8.78 Å². The predicted molar refractivity (Wildman–Crippen MR) is 75.2 cm³/mol. The first kappa shape index (κ1) is 15.1. The minimum atomic E-state index is -0.960. The number of aromatic carboxylic acids is 1. The van der Waals surface area contributed by atoms with Crippen LogP contribution in [0.1, 0.15) is 21.5 Å². The van der Waals surface area contributed by atoms with Gasteiger partial charge in [0.05, 0.1) is 5.56 Å². The lowest BCUT2D eigenvalue weighted by Gasteiger charge is -2.08. The molecule has 0 aromatic heterocycles. The summed E-state index contributed by atoms with van der Waals surface area (Å²) in [4.78, 5) is 11.0. The second-order valence-corrected chi connectivity index (χ2v) is 4.67. The van der Waals surface area contributed by atoms with Gasteiger partial charge in [-0.1, -0.05) is 18.2 Å². The van der Waals surface area contributed by atoms with Crippen molar-refractivity contribution in [2.45, 2.75) is 13.0 Å². The summed E-state index contributed by atoms with van der Waals surface area (Å²) in [5.74, 6) is -2.18. The van der Waals surface area contributed by atoms with Crippen LogP contribution in [0.25, 0.3) is 0 Å². The number of nitrogens with one attached hydrogen (secondary N) is 1. The lowest BCUT2D eigenvalue weighted by atomic mass is 10.0. The molecule has 0 amide bonds. The maximum Gasteiger partial charge on any atom is 0.335 e. The Hall–Kier alpha value is -2.27. The van der Waals surface area contributed by atoms with Gasteiger partial charge in [0, 0.05) is 12.6 Å². The van der Waals surface area contributed by atoms with Gasteiger partial charge in [-0.05, 0) is 42.3 Å². The minimum Gasteiger partial charge on any atom is -0.478 e. The van der Waals surface area contributed by atoms with Crippen molar-refractivity contribution >= 4 is 5.97 Å². The smallest absolute Gasteiger partial charge is 0.335 e. The average Bonchev–Trinajstić information content (AvgIpc) is 2.43. The molecule has 0 unspecified atom stereocenters. The molecule has 2 rings (SSSR count). The van der Waals surface area contributed by atoms with Gasteiger partial charge in [0.1, 0.15) is 11.6 Å². The highest BCUT2D eigenvalue weighted by molar-refractivity contribution is 5.89. The zero-order valence-electron chi connectivity index (χ0n) is 11.3. The van der Waals surface area contributed by atoms with E-state index < -0.39 is 17.6 Å². The van der Waals surface area contributed by atoms with Gasteiger partial charge < -0.3 is 10.4 Å². The molecule has 0 bridgehead atoms. The third-order valence-corrected chi connectivity index (χ3v) is 3.07. The number of rotatable bonds is 6. The van der Waals surface area contributed by atoms with Gasteiger partial charge in [-0.25, -0.2) is 13.6 Å². The van der Waals surface area contributed by atoms with Crippen molar-refractivity contribution in [1.82, 2.24) is 5.32 Å². The molecule has 0 radical (unpaired) electrons. The molecule has 0 heterocycles. The minimum absolute atomic E-state index is 0.274. The molecule has 0 aliphatic carbocycles. The molecule has 3 nitrogen and oxygen atoms in total. The second-order valence-electron chi connectivity index (χ2n) is 4.67. The number of hydrogen-bond acceptors (Lipinski definition) is 2. The van der Waals surface area contributed by atoms with Crippen LogP contribution >= 0.6 is 0 Å². The van der Waals surface area contributed by atoms with Gasteiger partial charge in [-0.3, -0.25) is 0 Å². The average molecular weight is 291 g/mol. The molecular weight excluding hydrogens is 276 g/mol. The van der Waals surface area contributed by atoms with E-state index in [0.29, 0.717) is 25.1 Å². The molecule has 0 saturated heterocycles. The van der Waals surface area contributed by atoms with Crippen LogP contribution in [0.5, 0.6) is 0 Å². The molecule has 0 aliphatic rings. The summed E-state index contributed by atoms with van der Waals surface area (Å²) in [6.07, 6.45) is 0.528. The molecule has 0 spiro atoms. The molecule has 0 saturated carbocycles. The van der Waals surface area contributed by atoms with Gasteiger partial charge in [0.15, 0.2) is 0 Å². The summed E-state index contributed by atoms with van der Waals surface area (Å²) in [5, 5.41) is 12.1. The van der Waals surface area contributed by atoms with E-state index in [1.165, 1.54) is 12.1 Å². The molecule has 5 heteroatoms. The molecule has 2 aromatic rings. The van der Waals surface area contributed by atoms with Crippen molar-refractivity contribution in [2.24, 2.45) is 0 Å². The van der Waals surface area contributed by atoms with Crippen LogP contribution in [0.2, 0.25) is 0 Å². The van der Waals surface area contributed by atoms with Gasteiger partial charge in [0.2, 0.25) is 0 Å².